The fraction of sp³-hybridized carbons (Fsp3) is 0.286. The Labute approximate surface area is 124 Å². The number of aryl methyl sites for hydroxylation is 2. The summed E-state index contributed by atoms with van der Waals surface area (Å²) >= 11 is 0. The largest absolute Gasteiger partial charge is 0.330 e. The molecule has 1 unspecified atom stereocenters. The minimum Gasteiger partial charge on any atom is -0.330 e. The van der Waals surface area contributed by atoms with E-state index in [4.69, 9.17) is 0 Å². The van der Waals surface area contributed by atoms with Gasteiger partial charge in [0.1, 0.15) is 5.52 Å². The van der Waals surface area contributed by atoms with Crippen molar-refractivity contribution in [1.82, 2.24) is 24.5 Å². The molecule has 7 heteroatoms. The third-order valence-electron chi connectivity index (χ3n) is 3.18. The average molecular weight is 301 g/mol. The second kappa shape index (κ2) is 6.09. The molecule has 0 N–H and O–H groups in total. The minimum absolute atomic E-state index is 0.397. The fourth-order valence-corrected chi connectivity index (χ4v) is 3.16. The summed E-state index contributed by atoms with van der Waals surface area (Å²) in [6.45, 7) is 2.78. The maximum Gasteiger partial charge on any atom is 0.218 e. The van der Waals surface area contributed by atoms with Crippen molar-refractivity contribution in [3.8, 4) is 0 Å². The highest BCUT2D eigenvalue weighted by atomic mass is 32.2. The SMILES string of the molecule is Cc1cncc2ncn(CCCS(=O)c3ncccn3)c12. The number of hydrogen-bond acceptors (Lipinski definition) is 5. The second-order valence-corrected chi connectivity index (χ2v) is 6.16. The van der Waals surface area contributed by atoms with Crippen LogP contribution in [-0.4, -0.2) is 34.5 Å². The lowest BCUT2D eigenvalue weighted by molar-refractivity contribution is 0.658. The molecule has 3 rings (SSSR count). The first-order valence-electron chi connectivity index (χ1n) is 6.66. The number of fused-ring (bicyclic) bond motifs is 1. The van der Waals surface area contributed by atoms with Gasteiger partial charge in [-0.2, -0.15) is 0 Å². The topological polar surface area (TPSA) is 73.6 Å². The number of hydrogen-bond donors (Lipinski definition) is 0. The highest BCUT2D eigenvalue weighted by molar-refractivity contribution is 7.84. The molecular formula is C14H15N5OS. The van der Waals surface area contributed by atoms with Crippen LogP contribution in [0.2, 0.25) is 0 Å². The Morgan fingerprint density at radius 1 is 1.19 bits per heavy atom. The molecule has 21 heavy (non-hydrogen) atoms. The Morgan fingerprint density at radius 3 is 2.81 bits per heavy atom. The number of rotatable bonds is 5. The molecular weight excluding hydrogens is 286 g/mol. The van der Waals surface area contributed by atoms with Gasteiger partial charge in [-0.15, -0.1) is 0 Å². The molecule has 108 valence electrons. The van der Waals surface area contributed by atoms with Crippen molar-refractivity contribution in [2.24, 2.45) is 0 Å². The zero-order chi connectivity index (χ0) is 14.7. The van der Waals surface area contributed by atoms with Gasteiger partial charge in [-0.05, 0) is 25.0 Å². The van der Waals surface area contributed by atoms with Crippen LogP contribution in [0.5, 0.6) is 0 Å². The van der Waals surface area contributed by atoms with Crippen LogP contribution in [0, 0.1) is 6.92 Å². The van der Waals surface area contributed by atoms with Crippen molar-refractivity contribution in [2.75, 3.05) is 5.75 Å². The molecule has 0 saturated carbocycles. The summed E-state index contributed by atoms with van der Waals surface area (Å²) in [5, 5.41) is 0.397. The van der Waals surface area contributed by atoms with Gasteiger partial charge in [-0.25, -0.2) is 15.0 Å². The quantitative estimate of drug-likeness (QED) is 0.671. The van der Waals surface area contributed by atoms with E-state index >= 15 is 0 Å². The molecule has 6 nitrogen and oxygen atoms in total. The first kappa shape index (κ1) is 13.8. The van der Waals surface area contributed by atoms with Gasteiger partial charge in [0.05, 0.1) is 28.8 Å². The van der Waals surface area contributed by atoms with Gasteiger partial charge in [-0.1, -0.05) is 0 Å². The van der Waals surface area contributed by atoms with E-state index < -0.39 is 10.8 Å². The first-order chi connectivity index (χ1) is 10.3. The van der Waals surface area contributed by atoms with Crippen LogP contribution in [0.25, 0.3) is 11.0 Å². The summed E-state index contributed by atoms with van der Waals surface area (Å²) in [5.41, 5.74) is 3.08. The predicted octanol–water partition coefficient (Wildman–Crippen LogP) is 1.73. The third-order valence-corrected chi connectivity index (χ3v) is 4.46. The van der Waals surface area contributed by atoms with Crippen molar-refractivity contribution < 1.29 is 4.21 Å². The molecule has 0 saturated heterocycles. The number of imidazole rings is 1. The van der Waals surface area contributed by atoms with Gasteiger partial charge in [0.25, 0.3) is 0 Å². The molecule has 0 spiro atoms. The van der Waals surface area contributed by atoms with Crippen molar-refractivity contribution in [2.45, 2.75) is 25.0 Å². The summed E-state index contributed by atoms with van der Waals surface area (Å²) in [4.78, 5) is 16.5. The van der Waals surface area contributed by atoms with E-state index in [-0.39, 0.29) is 0 Å². The molecule has 0 bridgehead atoms. The maximum atomic E-state index is 12.1. The predicted molar refractivity (Wildman–Crippen MR) is 80.2 cm³/mol. The lowest BCUT2D eigenvalue weighted by Gasteiger charge is -2.05. The van der Waals surface area contributed by atoms with E-state index in [1.807, 2.05) is 13.1 Å². The van der Waals surface area contributed by atoms with Gasteiger partial charge in [0.2, 0.25) is 5.16 Å². The third kappa shape index (κ3) is 2.97. The van der Waals surface area contributed by atoms with Crippen LogP contribution in [0.3, 0.4) is 0 Å². The Balaban J connectivity index is 1.66. The zero-order valence-corrected chi connectivity index (χ0v) is 12.5. The van der Waals surface area contributed by atoms with Crippen LogP contribution >= 0.6 is 0 Å². The Hall–Kier alpha value is -2.15. The summed E-state index contributed by atoms with van der Waals surface area (Å²) < 4.78 is 14.1. The van der Waals surface area contributed by atoms with Crippen molar-refractivity contribution in [3.05, 3.63) is 42.7 Å². The zero-order valence-electron chi connectivity index (χ0n) is 11.6. The summed E-state index contributed by atoms with van der Waals surface area (Å²) in [5.74, 6) is 0.536. The van der Waals surface area contributed by atoms with Crippen molar-refractivity contribution in [1.29, 1.82) is 0 Å². The van der Waals surface area contributed by atoms with E-state index in [0.29, 0.717) is 10.9 Å². The van der Waals surface area contributed by atoms with Gasteiger partial charge < -0.3 is 4.57 Å². The Kier molecular flexibility index (Phi) is 4.01. The monoisotopic (exact) mass is 301 g/mol. The lowest BCUT2D eigenvalue weighted by Crippen LogP contribution is -2.06. The molecule has 0 aromatic carbocycles. The van der Waals surface area contributed by atoms with E-state index in [9.17, 15) is 4.21 Å². The number of aromatic nitrogens is 5. The van der Waals surface area contributed by atoms with Crippen LogP contribution in [0.15, 0.2) is 42.3 Å². The smallest absolute Gasteiger partial charge is 0.218 e. The summed E-state index contributed by atoms with van der Waals surface area (Å²) in [7, 11) is -1.15. The molecule has 0 fully saturated rings. The molecule has 0 radical (unpaired) electrons. The number of pyridine rings is 1. The van der Waals surface area contributed by atoms with Gasteiger partial charge in [-0.3, -0.25) is 9.19 Å². The molecule has 0 aliphatic carbocycles. The summed E-state index contributed by atoms with van der Waals surface area (Å²) in [6.07, 6.45) is 9.39. The maximum absolute atomic E-state index is 12.1. The second-order valence-electron chi connectivity index (χ2n) is 4.70. The molecule has 0 aliphatic heterocycles. The summed E-state index contributed by atoms with van der Waals surface area (Å²) in [6, 6.07) is 1.72. The average Bonchev–Trinajstić information content (AvgIpc) is 2.93. The van der Waals surface area contributed by atoms with Crippen molar-refractivity contribution >= 4 is 21.8 Å². The number of nitrogens with zero attached hydrogens (tertiary/aromatic N) is 5. The molecule has 3 heterocycles. The Morgan fingerprint density at radius 2 is 2.00 bits per heavy atom. The minimum atomic E-state index is -1.15. The molecule has 1 atom stereocenters. The highest BCUT2D eigenvalue weighted by Crippen LogP contribution is 2.16. The van der Waals surface area contributed by atoms with E-state index in [1.54, 1.807) is 31.0 Å². The fourth-order valence-electron chi connectivity index (χ4n) is 2.23. The van der Waals surface area contributed by atoms with Gasteiger partial charge in [0, 0.05) is 30.9 Å². The van der Waals surface area contributed by atoms with Gasteiger partial charge in [0.15, 0.2) is 0 Å². The molecule has 0 amide bonds. The van der Waals surface area contributed by atoms with E-state index in [1.165, 1.54) is 0 Å². The van der Waals surface area contributed by atoms with Crippen LogP contribution in [0.1, 0.15) is 12.0 Å². The van der Waals surface area contributed by atoms with Crippen molar-refractivity contribution in [3.63, 3.8) is 0 Å². The molecule has 3 aromatic heterocycles. The van der Waals surface area contributed by atoms with E-state index in [0.717, 1.165) is 29.6 Å². The van der Waals surface area contributed by atoms with Crippen LogP contribution in [0.4, 0.5) is 0 Å². The van der Waals surface area contributed by atoms with Gasteiger partial charge >= 0.3 is 0 Å². The van der Waals surface area contributed by atoms with E-state index in [2.05, 4.69) is 24.5 Å². The normalized spacial score (nSPS) is 12.6. The van der Waals surface area contributed by atoms with Crippen LogP contribution < -0.4 is 0 Å². The Bertz CT molecular complexity index is 771. The highest BCUT2D eigenvalue weighted by Gasteiger charge is 2.08. The standard InChI is InChI=1S/C14H15N5OS/c1-11-8-15-9-12-13(11)19(10-18-12)6-3-7-21(20)14-16-4-2-5-17-14/h2,4-5,8-10H,3,6-7H2,1H3. The van der Waals surface area contributed by atoms with Crippen LogP contribution in [-0.2, 0) is 17.3 Å². The molecule has 0 aliphatic rings. The first-order valence-corrected chi connectivity index (χ1v) is 7.98. The molecule has 3 aromatic rings. The lowest BCUT2D eigenvalue weighted by atomic mass is 10.2.